The summed E-state index contributed by atoms with van der Waals surface area (Å²) in [6, 6.07) is 18.8. The fraction of sp³-hybridized carbons (Fsp3) is 0.381. The van der Waals surface area contributed by atoms with Gasteiger partial charge in [0.2, 0.25) is 0 Å². The van der Waals surface area contributed by atoms with E-state index in [9.17, 15) is 4.79 Å². The average Bonchev–Trinajstić information content (AvgIpc) is 2.66. The van der Waals surface area contributed by atoms with Crippen molar-refractivity contribution in [2.75, 3.05) is 26.3 Å². The highest BCUT2D eigenvalue weighted by atomic mass is 16.5. The van der Waals surface area contributed by atoms with Gasteiger partial charge in [0.25, 0.3) is 0 Å². The summed E-state index contributed by atoms with van der Waals surface area (Å²) in [5.74, 6) is 0.297. The number of hydrogen-bond donors (Lipinski definition) is 1. The second kappa shape index (κ2) is 10.7. The van der Waals surface area contributed by atoms with Gasteiger partial charge >= 0.3 is 0 Å². The normalized spacial score (nSPS) is 13.7. The van der Waals surface area contributed by atoms with Crippen molar-refractivity contribution in [3.8, 4) is 0 Å². The van der Waals surface area contributed by atoms with E-state index in [-0.39, 0.29) is 0 Å². The molecule has 3 nitrogen and oxygen atoms in total. The van der Waals surface area contributed by atoms with E-state index < -0.39 is 0 Å². The minimum absolute atomic E-state index is 0.297. The highest BCUT2D eigenvalue weighted by molar-refractivity contribution is 5.80. The molecule has 3 heteroatoms. The molecular weight excluding hydrogens is 298 g/mol. The molecule has 0 aliphatic carbocycles. The third-order valence-corrected chi connectivity index (χ3v) is 3.92. The number of carbonyl (C=O) groups excluding carboxylic acids is 1. The zero-order valence-electron chi connectivity index (χ0n) is 14.5. The lowest BCUT2D eigenvalue weighted by Crippen LogP contribution is -2.30. The van der Waals surface area contributed by atoms with Gasteiger partial charge in [-0.2, -0.15) is 0 Å². The fourth-order valence-electron chi connectivity index (χ4n) is 2.47. The second-order valence-corrected chi connectivity index (χ2v) is 5.91. The summed E-state index contributed by atoms with van der Waals surface area (Å²) in [7, 11) is 0. The number of ether oxygens (including phenoxy) is 1. The summed E-state index contributed by atoms with van der Waals surface area (Å²) in [4.78, 5) is 11.4. The quantitative estimate of drug-likeness (QED) is 0.915. The molecule has 3 rings (SSSR count). The molecule has 0 unspecified atom stereocenters. The molecule has 2 aromatic rings. The van der Waals surface area contributed by atoms with E-state index in [4.69, 9.17) is 4.74 Å². The zero-order chi connectivity index (χ0) is 17.0. The number of carbonyl (C=O) groups is 1. The van der Waals surface area contributed by atoms with Crippen molar-refractivity contribution in [1.29, 1.82) is 0 Å². The summed E-state index contributed by atoms with van der Waals surface area (Å²) in [6.07, 6.45) is 2.12. The monoisotopic (exact) mass is 325 g/mol. The Bertz CT molecular complexity index is 577. The standard InChI is InChI=1S/C17H18O.C4H9NO/c1-2-17(18)13-16-10-8-15(9-11-16)12-14-6-4-3-5-7-14;1-3-6-4-2-5-1/h3-11H,2,12-13H2,1H3;5H,1-4H2. The average molecular weight is 325 g/mol. The van der Waals surface area contributed by atoms with Crippen LogP contribution in [0.25, 0.3) is 0 Å². The predicted molar refractivity (Wildman–Crippen MR) is 98.4 cm³/mol. The minimum atomic E-state index is 0.297. The van der Waals surface area contributed by atoms with Crippen molar-refractivity contribution in [3.63, 3.8) is 0 Å². The van der Waals surface area contributed by atoms with Crippen molar-refractivity contribution in [3.05, 3.63) is 71.3 Å². The van der Waals surface area contributed by atoms with Crippen LogP contribution in [0.3, 0.4) is 0 Å². The number of morpholine rings is 1. The Hall–Kier alpha value is -1.97. The molecule has 1 N–H and O–H groups in total. The van der Waals surface area contributed by atoms with Crippen LogP contribution < -0.4 is 5.32 Å². The predicted octanol–water partition coefficient (Wildman–Crippen LogP) is 3.41. The second-order valence-electron chi connectivity index (χ2n) is 5.91. The number of hydrogen-bond acceptors (Lipinski definition) is 3. The zero-order valence-corrected chi connectivity index (χ0v) is 14.5. The molecule has 2 aromatic carbocycles. The smallest absolute Gasteiger partial charge is 0.136 e. The minimum Gasteiger partial charge on any atom is -0.379 e. The van der Waals surface area contributed by atoms with Gasteiger partial charge in [0, 0.05) is 25.9 Å². The van der Waals surface area contributed by atoms with Crippen molar-refractivity contribution in [1.82, 2.24) is 5.32 Å². The molecule has 1 aliphatic heterocycles. The Kier molecular flexibility index (Phi) is 8.22. The Morgan fingerprint density at radius 3 is 2.00 bits per heavy atom. The molecule has 1 heterocycles. The van der Waals surface area contributed by atoms with Gasteiger partial charge in [0.05, 0.1) is 13.2 Å². The van der Waals surface area contributed by atoms with Gasteiger partial charge in [0.15, 0.2) is 0 Å². The summed E-state index contributed by atoms with van der Waals surface area (Å²) >= 11 is 0. The lowest BCUT2D eigenvalue weighted by molar-refractivity contribution is -0.118. The maximum Gasteiger partial charge on any atom is 0.136 e. The van der Waals surface area contributed by atoms with Gasteiger partial charge in [0.1, 0.15) is 5.78 Å². The van der Waals surface area contributed by atoms with Gasteiger partial charge in [-0.15, -0.1) is 0 Å². The Morgan fingerprint density at radius 1 is 0.917 bits per heavy atom. The van der Waals surface area contributed by atoms with E-state index in [2.05, 4.69) is 53.8 Å². The van der Waals surface area contributed by atoms with Crippen LogP contribution in [0.4, 0.5) is 0 Å². The molecule has 0 saturated carbocycles. The molecule has 0 amide bonds. The SMILES string of the molecule is C1COCCN1.CCC(=O)Cc1ccc(Cc2ccccc2)cc1. The van der Waals surface area contributed by atoms with Crippen molar-refractivity contribution in [2.45, 2.75) is 26.2 Å². The van der Waals surface area contributed by atoms with Crippen LogP contribution in [0, 0.1) is 0 Å². The Morgan fingerprint density at radius 2 is 1.50 bits per heavy atom. The van der Waals surface area contributed by atoms with Crippen LogP contribution in [0.1, 0.15) is 30.0 Å². The van der Waals surface area contributed by atoms with Crippen molar-refractivity contribution in [2.24, 2.45) is 0 Å². The van der Waals surface area contributed by atoms with Crippen LogP contribution >= 0.6 is 0 Å². The number of benzene rings is 2. The van der Waals surface area contributed by atoms with Crippen molar-refractivity contribution >= 4 is 5.78 Å². The van der Waals surface area contributed by atoms with E-state index in [0.29, 0.717) is 18.6 Å². The molecule has 1 fully saturated rings. The molecule has 0 bridgehead atoms. The largest absolute Gasteiger partial charge is 0.379 e. The highest BCUT2D eigenvalue weighted by Crippen LogP contribution is 2.11. The van der Waals surface area contributed by atoms with E-state index in [1.165, 1.54) is 11.1 Å². The molecule has 128 valence electrons. The van der Waals surface area contributed by atoms with Crippen LogP contribution in [-0.2, 0) is 22.4 Å². The lowest BCUT2D eigenvalue weighted by Gasteiger charge is -2.10. The topological polar surface area (TPSA) is 38.3 Å². The summed E-state index contributed by atoms with van der Waals surface area (Å²) < 4.78 is 5.01. The van der Waals surface area contributed by atoms with E-state index in [0.717, 1.165) is 38.3 Å². The first-order chi connectivity index (χ1) is 11.8. The third-order valence-electron chi connectivity index (χ3n) is 3.92. The van der Waals surface area contributed by atoms with E-state index >= 15 is 0 Å². The van der Waals surface area contributed by atoms with Gasteiger partial charge in [-0.25, -0.2) is 0 Å². The molecule has 0 atom stereocenters. The maximum atomic E-state index is 11.4. The molecule has 1 aliphatic rings. The van der Waals surface area contributed by atoms with E-state index in [1.807, 2.05) is 13.0 Å². The Labute approximate surface area is 145 Å². The van der Waals surface area contributed by atoms with Crippen LogP contribution in [0.15, 0.2) is 54.6 Å². The first kappa shape index (κ1) is 18.4. The summed E-state index contributed by atoms with van der Waals surface area (Å²) in [5, 5.41) is 3.16. The number of nitrogens with one attached hydrogen (secondary N) is 1. The van der Waals surface area contributed by atoms with Gasteiger partial charge < -0.3 is 10.1 Å². The first-order valence-corrected chi connectivity index (χ1v) is 8.70. The summed E-state index contributed by atoms with van der Waals surface area (Å²) in [5.41, 5.74) is 3.71. The molecule has 0 aromatic heterocycles. The molecule has 0 radical (unpaired) electrons. The number of Topliss-reactive ketones (excluding diaryl/α,β-unsaturated/α-hetero) is 1. The molecule has 24 heavy (non-hydrogen) atoms. The van der Waals surface area contributed by atoms with Gasteiger partial charge in [-0.05, 0) is 23.1 Å². The molecule has 0 spiro atoms. The number of ketones is 1. The third kappa shape index (κ3) is 7.07. The summed E-state index contributed by atoms with van der Waals surface area (Å²) in [6.45, 7) is 5.74. The fourth-order valence-corrected chi connectivity index (χ4v) is 2.47. The van der Waals surface area contributed by atoms with Crippen molar-refractivity contribution < 1.29 is 9.53 Å². The first-order valence-electron chi connectivity index (χ1n) is 8.70. The Balaban J connectivity index is 0.000000292. The lowest BCUT2D eigenvalue weighted by atomic mass is 10.0. The molecular formula is C21H27NO2. The van der Waals surface area contributed by atoms with Gasteiger partial charge in [-0.1, -0.05) is 61.5 Å². The number of rotatable bonds is 5. The van der Waals surface area contributed by atoms with Crippen LogP contribution in [0.5, 0.6) is 0 Å². The molecule has 1 saturated heterocycles. The highest BCUT2D eigenvalue weighted by Gasteiger charge is 2.01. The van der Waals surface area contributed by atoms with Crippen LogP contribution in [-0.4, -0.2) is 32.1 Å². The van der Waals surface area contributed by atoms with E-state index in [1.54, 1.807) is 0 Å². The maximum absolute atomic E-state index is 11.4. The van der Waals surface area contributed by atoms with Crippen LogP contribution in [0.2, 0.25) is 0 Å². The van der Waals surface area contributed by atoms with Gasteiger partial charge in [-0.3, -0.25) is 4.79 Å².